The van der Waals surface area contributed by atoms with Gasteiger partial charge in [-0.15, -0.1) is 0 Å². The van der Waals surface area contributed by atoms with Crippen molar-refractivity contribution in [3.63, 3.8) is 0 Å². The molecule has 1 aromatic carbocycles. The molecule has 2 N–H and O–H groups in total. The minimum Gasteiger partial charge on any atom is -0.504 e. The second-order valence-electron chi connectivity index (χ2n) is 7.83. The van der Waals surface area contributed by atoms with Crippen molar-refractivity contribution in [3.8, 4) is 17.2 Å². The third-order valence-corrected chi connectivity index (χ3v) is 5.28. The van der Waals surface area contributed by atoms with Gasteiger partial charge in [0, 0.05) is 0 Å². The summed E-state index contributed by atoms with van der Waals surface area (Å²) in [5, 5.41) is 19.7. The van der Waals surface area contributed by atoms with E-state index < -0.39 is 0 Å². The lowest BCUT2D eigenvalue weighted by Gasteiger charge is -2.20. The molecule has 0 radical (unpaired) electrons. The Morgan fingerprint density at radius 2 is 1.19 bits per heavy atom. The molecule has 0 saturated carbocycles. The predicted molar refractivity (Wildman–Crippen MR) is 115 cm³/mol. The summed E-state index contributed by atoms with van der Waals surface area (Å²) in [5.74, 6) is 0.156. The monoisotopic (exact) mass is 378 g/mol. The Hall–Kier alpha value is -1.38. The summed E-state index contributed by atoms with van der Waals surface area (Å²) < 4.78 is 6.05. The molecule has 3 heteroatoms. The van der Waals surface area contributed by atoms with Gasteiger partial charge < -0.3 is 14.9 Å². The molecule has 0 heterocycles. The lowest BCUT2D eigenvalue weighted by Crippen LogP contribution is -2.16. The number of hydrogen-bond donors (Lipinski definition) is 2. The van der Waals surface area contributed by atoms with Crippen molar-refractivity contribution in [1.29, 1.82) is 0 Å². The van der Waals surface area contributed by atoms with E-state index in [1.807, 2.05) is 0 Å². The van der Waals surface area contributed by atoms with Gasteiger partial charge in [0.25, 0.3) is 0 Å². The van der Waals surface area contributed by atoms with E-state index >= 15 is 0 Å². The van der Waals surface area contributed by atoms with Gasteiger partial charge in [-0.2, -0.15) is 0 Å². The normalized spacial score (nSPS) is 12.2. The standard InChI is InChI=1S/C24H42O3/c1-3-5-7-8-9-10-11-12-13-15-18-21(17-14-6-4-2)27-23-20-16-19-22(25)24(23)26/h16,19-21,25-26H,3-15,17-18H2,1-2H3. The Bertz CT molecular complexity index is 473. The highest BCUT2D eigenvalue weighted by molar-refractivity contribution is 5.48. The topological polar surface area (TPSA) is 49.7 Å². The molecule has 0 aromatic heterocycles. The smallest absolute Gasteiger partial charge is 0.200 e. The predicted octanol–water partition coefficient (Wildman–Crippen LogP) is 7.74. The molecule has 156 valence electrons. The van der Waals surface area contributed by atoms with Gasteiger partial charge in [0.15, 0.2) is 11.5 Å². The first kappa shape index (κ1) is 23.7. The molecule has 0 aliphatic heterocycles. The van der Waals surface area contributed by atoms with Crippen molar-refractivity contribution in [2.75, 3.05) is 0 Å². The highest BCUT2D eigenvalue weighted by atomic mass is 16.5. The number of aromatic hydroxyl groups is 2. The van der Waals surface area contributed by atoms with E-state index in [0.29, 0.717) is 5.75 Å². The third-order valence-electron chi connectivity index (χ3n) is 5.28. The zero-order chi connectivity index (χ0) is 19.7. The zero-order valence-electron chi connectivity index (χ0n) is 17.7. The average Bonchev–Trinajstić information content (AvgIpc) is 2.66. The van der Waals surface area contributed by atoms with Gasteiger partial charge in [-0.25, -0.2) is 0 Å². The van der Waals surface area contributed by atoms with Crippen LogP contribution in [0.3, 0.4) is 0 Å². The first-order valence-corrected chi connectivity index (χ1v) is 11.4. The summed E-state index contributed by atoms with van der Waals surface area (Å²) in [4.78, 5) is 0. The van der Waals surface area contributed by atoms with Crippen LogP contribution in [0, 0.1) is 0 Å². The van der Waals surface area contributed by atoms with Crippen molar-refractivity contribution < 1.29 is 14.9 Å². The zero-order valence-corrected chi connectivity index (χ0v) is 17.7. The Morgan fingerprint density at radius 1 is 0.704 bits per heavy atom. The van der Waals surface area contributed by atoms with Crippen LogP contribution in [-0.4, -0.2) is 16.3 Å². The molecule has 3 nitrogen and oxygen atoms in total. The van der Waals surface area contributed by atoms with Gasteiger partial charge in [0.1, 0.15) is 0 Å². The number of ether oxygens (including phenoxy) is 1. The van der Waals surface area contributed by atoms with Crippen molar-refractivity contribution in [1.82, 2.24) is 0 Å². The SMILES string of the molecule is CCCCCCCCCCCCC(CCCCC)Oc1cccc(O)c1O. The van der Waals surface area contributed by atoms with Crippen molar-refractivity contribution in [2.45, 2.75) is 116 Å². The molecule has 0 bridgehead atoms. The maximum Gasteiger partial charge on any atom is 0.200 e. The van der Waals surface area contributed by atoms with Crippen LogP contribution in [0.25, 0.3) is 0 Å². The molecule has 1 aromatic rings. The number of hydrogen-bond acceptors (Lipinski definition) is 3. The molecule has 27 heavy (non-hydrogen) atoms. The Kier molecular flexibility index (Phi) is 13.7. The fraction of sp³-hybridized carbons (Fsp3) is 0.750. The van der Waals surface area contributed by atoms with E-state index in [9.17, 15) is 10.2 Å². The molecule has 0 aliphatic carbocycles. The van der Waals surface area contributed by atoms with Crippen molar-refractivity contribution in [3.05, 3.63) is 18.2 Å². The van der Waals surface area contributed by atoms with Crippen LogP contribution in [0.5, 0.6) is 17.2 Å². The number of benzene rings is 1. The maximum atomic E-state index is 9.99. The number of phenolic OH excluding ortho intramolecular Hbond substituents is 2. The maximum absolute atomic E-state index is 9.99. The van der Waals surface area contributed by atoms with Gasteiger partial charge in [0.05, 0.1) is 6.10 Å². The second-order valence-corrected chi connectivity index (χ2v) is 7.83. The minimum absolute atomic E-state index is 0.112. The summed E-state index contributed by atoms with van der Waals surface area (Å²) >= 11 is 0. The number of rotatable bonds is 17. The van der Waals surface area contributed by atoms with Crippen LogP contribution in [0.2, 0.25) is 0 Å². The fourth-order valence-electron chi connectivity index (χ4n) is 3.53. The summed E-state index contributed by atoms with van der Waals surface area (Å²) in [7, 11) is 0. The summed E-state index contributed by atoms with van der Waals surface area (Å²) in [6.07, 6.45) is 19.1. The number of phenols is 2. The van der Waals surface area contributed by atoms with Crippen LogP contribution in [-0.2, 0) is 0 Å². The van der Waals surface area contributed by atoms with Crippen LogP contribution < -0.4 is 4.74 Å². The van der Waals surface area contributed by atoms with Crippen molar-refractivity contribution in [2.24, 2.45) is 0 Å². The summed E-state index contributed by atoms with van der Waals surface area (Å²) in [6.45, 7) is 4.47. The molecule has 0 aliphatic rings. The lowest BCUT2D eigenvalue weighted by molar-refractivity contribution is 0.166. The van der Waals surface area contributed by atoms with Gasteiger partial charge in [-0.1, -0.05) is 90.5 Å². The fourth-order valence-corrected chi connectivity index (χ4v) is 3.53. The first-order chi connectivity index (χ1) is 13.2. The highest BCUT2D eigenvalue weighted by Crippen LogP contribution is 2.36. The van der Waals surface area contributed by atoms with Gasteiger partial charge in [-0.3, -0.25) is 0 Å². The van der Waals surface area contributed by atoms with Crippen LogP contribution in [0.15, 0.2) is 18.2 Å². The Morgan fingerprint density at radius 3 is 1.78 bits per heavy atom. The molecule has 1 rings (SSSR count). The largest absolute Gasteiger partial charge is 0.504 e. The van der Waals surface area contributed by atoms with Crippen molar-refractivity contribution >= 4 is 0 Å². The molecule has 0 amide bonds. The van der Waals surface area contributed by atoms with E-state index in [-0.39, 0.29) is 17.6 Å². The van der Waals surface area contributed by atoms with Crippen LogP contribution in [0.4, 0.5) is 0 Å². The van der Waals surface area contributed by atoms with E-state index in [2.05, 4.69) is 13.8 Å². The minimum atomic E-state index is -0.138. The third kappa shape index (κ3) is 11.1. The Balaban J connectivity index is 2.26. The van der Waals surface area contributed by atoms with E-state index in [4.69, 9.17) is 4.74 Å². The molecule has 0 fully saturated rings. The first-order valence-electron chi connectivity index (χ1n) is 11.4. The molecule has 0 spiro atoms. The molecular weight excluding hydrogens is 336 g/mol. The summed E-state index contributed by atoms with van der Waals surface area (Å²) in [6, 6.07) is 4.94. The van der Waals surface area contributed by atoms with Gasteiger partial charge >= 0.3 is 0 Å². The second kappa shape index (κ2) is 15.7. The van der Waals surface area contributed by atoms with Gasteiger partial charge in [-0.05, 0) is 37.8 Å². The molecule has 1 unspecified atom stereocenters. The van der Waals surface area contributed by atoms with Gasteiger partial charge in [0.2, 0.25) is 5.75 Å². The van der Waals surface area contributed by atoms with E-state index in [0.717, 1.165) is 19.3 Å². The lowest BCUT2D eigenvalue weighted by atomic mass is 10.0. The summed E-state index contributed by atoms with van der Waals surface area (Å²) in [5.41, 5.74) is 0. The Labute approximate surface area is 167 Å². The van der Waals surface area contributed by atoms with E-state index in [1.165, 1.54) is 83.1 Å². The van der Waals surface area contributed by atoms with Crippen LogP contribution >= 0.6 is 0 Å². The molecule has 0 saturated heterocycles. The van der Waals surface area contributed by atoms with E-state index in [1.54, 1.807) is 12.1 Å². The quantitative estimate of drug-likeness (QED) is 0.215. The molecule has 1 atom stereocenters. The average molecular weight is 379 g/mol. The van der Waals surface area contributed by atoms with Crippen LogP contribution in [0.1, 0.15) is 110 Å². The number of unbranched alkanes of at least 4 members (excludes halogenated alkanes) is 11. The molecular formula is C24H42O3. The number of para-hydroxylation sites is 1. The highest BCUT2D eigenvalue weighted by Gasteiger charge is 2.14.